The number of hydrogen-bond acceptors (Lipinski definition) is 2. The minimum atomic E-state index is -0.659. The highest BCUT2D eigenvalue weighted by Gasteiger charge is 2.26. The lowest BCUT2D eigenvalue weighted by atomic mass is 9.92. The molecule has 20 heavy (non-hydrogen) atoms. The van der Waals surface area contributed by atoms with Gasteiger partial charge in [-0.3, -0.25) is 4.99 Å². The van der Waals surface area contributed by atoms with Gasteiger partial charge in [0.15, 0.2) is 5.96 Å². The van der Waals surface area contributed by atoms with Gasteiger partial charge in [0, 0.05) is 19.6 Å². The van der Waals surface area contributed by atoms with E-state index in [1.165, 1.54) is 6.42 Å². The fraction of sp³-hybridized carbons (Fsp3) is 0.938. The number of piperidine rings is 1. The summed E-state index contributed by atoms with van der Waals surface area (Å²) in [5.74, 6) is 2.38. The molecule has 0 radical (unpaired) electrons. The van der Waals surface area contributed by atoms with E-state index >= 15 is 0 Å². The van der Waals surface area contributed by atoms with Crippen LogP contribution in [0.3, 0.4) is 0 Å². The number of hydrogen-bond donors (Lipinski definition) is 2. The van der Waals surface area contributed by atoms with E-state index in [4.69, 9.17) is 4.99 Å². The first kappa shape index (κ1) is 17.3. The minimum Gasteiger partial charge on any atom is -0.388 e. The molecule has 1 fully saturated rings. The maximum atomic E-state index is 10.4. The Labute approximate surface area is 124 Å². The third-order valence-corrected chi connectivity index (χ3v) is 4.34. The van der Waals surface area contributed by atoms with E-state index in [0.717, 1.165) is 38.4 Å². The Bertz CT molecular complexity index is 303. The Morgan fingerprint density at radius 2 is 1.75 bits per heavy atom. The molecule has 0 spiro atoms. The van der Waals surface area contributed by atoms with Crippen LogP contribution in [0.15, 0.2) is 4.99 Å². The number of nitrogens with one attached hydrogen (secondary N) is 1. The van der Waals surface area contributed by atoms with Gasteiger partial charge in [-0.2, -0.15) is 0 Å². The van der Waals surface area contributed by atoms with Crippen molar-refractivity contribution in [2.75, 3.05) is 26.2 Å². The lowest BCUT2D eigenvalue weighted by Crippen LogP contribution is -2.49. The smallest absolute Gasteiger partial charge is 0.194 e. The van der Waals surface area contributed by atoms with Gasteiger partial charge in [-0.25, -0.2) is 0 Å². The van der Waals surface area contributed by atoms with Gasteiger partial charge >= 0.3 is 0 Å². The Morgan fingerprint density at radius 1 is 1.20 bits per heavy atom. The first-order valence-electron chi connectivity index (χ1n) is 8.19. The SMILES string of the molecule is CCNC(=NCC(O)(CC)CC)N1CC(C)CC(C)C1. The van der Waals surface area contributed by atoms with Crippen LogP contribution in [0, 0.1) is 11.8 Å². The van der Waals surface area contributed by atoms with Crippen molar-refractivity contribution >= 4 is 5.96 Å². The zero-order chi connectivity index (χ0) is 15.2. The van der Waals surface area contributed by atoms with E-state index in [1.54, 1.807) is 0 Å². The average molecular weight is 283 g/mol. The summed E-state index contributed by atoms with van der Waals surface area (Å²) in [6, 6.07) is 0. The van der Waals surface area contributed by atoms with Crippen LogP contribution in [-0.4, -0.2) is 47.7 Å². The number of guanidine groups is 1. The highest BCUT2D eigenvalue weighted by molar-refractivity contribution is 5.80. The lowest BCUT2D eigenvalue weighted by Gasteiger charge is -2.37. The zero-order valence-corrected chi connectivity index (χ0v) is 13.9. The van der Waals surface area contributed by atoms with Crippen molar-refractivity contribution in [3.8, 4) is 0 Å². The van der Waals surface area contributed by atoms with Crippen LogP contribution in [0.4, 0.5) is 0 Å². The monoisotopic (exact) mass is 283 g/mol. The van der Waals surface area contributed by atoms with Crippen LogP contribution in [0.25, 0.3) is 0 Å². The van der Waals surface area contributed by atoms with Crippen LogP contribution in [0.2, 0.25) is 0 Å². The number of rotatable bonds is 5. The average Bonchev–Trinajstić information content (AvgIpc) is 2.42. The van der Waals surface area contributed by atoms with E-state index in [-0.39, 0.29) is 0 Å². The van der Waals surface area contributed by atoms with Gasteiger partial charge in [0.05, 0.1) is 12.1 Å². The quantitative estimate of drug-likeness (QED) is 0.602. The van der Waals surface area contributed by atoms with Crippen LogP contribution in [0.5, 0.6) is 0 Å². The van der Waals surface area contributed by atoms with Crippen molar-refractivity contribution < 1.29 is 5.11 Å². The molecule has 0 saturated carbocycles. The lowest BCUT2D eigenvalue weighted by molar-refractivity contribution is 0.0414. The van der Waals surface area contributed by atoms with Crippen molar-refractivity contribution in [1.82, 2.24) is 10.2 Å². The van der Waals surface area contributed by atoms with Gasteiger partial charge in [-0.1, -0.05) is 27.7 Å². The summed E-state index contributed by atoms with van der Waals surface area (Å²) >= 11 is 0. The maximum absolute atomic E-state index is 10.4. The molecule has 2 atom stereocenters. The third kappa shape index (κ3) is 4.97. The van der Waals surface area contributed by atoms with E-state index in [1.807, 2.05) is 13.8 Å². The fourth-order valence-electron chi connectivity index (χ4n) is 2.96. The Kier molecular flexibility index (Phi) is 6.80. The van der Waals surface area contributed by atoms with Gasteiger partial charge < -0.3 is 15.3 Å². The topological polar surface area (TPSA) is 47.9 Å². The van der Waals surface area contributed by atoms with Crippen LogP contribution in [0.1, 0.15) is 53.9 Å². The molecule has 1 rings (SSSR count). The standard InChI is InChI=1S/C16H33N3O/c1-6-16(20,7-2)12-18-15(17-8-3)19-10-13(4)9-14(5)11-19/h13-14,20H,6-12H2,1-5H3,(H,17,18). The van der Waals surface area contributed by atoms with E-state index < -0.39 is 5.60 Å². The molecule has 0 aliphatic carbocycles. The maximum Gasteiger partial charge on any atom is 0.194 e. The molecule has 118 valence electrons. The molecule has 1 aliphatic rings. The van der Waals surface area contributed by atoms with Crippen LogP contribution in [-0.2, 0) is 0 Å². The highest BCUT2D eigenvalue weighted by Crippen LogP contribution is 2.21. The first-order valence-corrected chi connectivity index (χ1v) is 8.19. The highest BCUT2D eigenvalue weighted by atomic mass is 16.3. The van der Waals surface area contributed by atoms with Crippen molar-refractivity contribution in [2.24, 2.45) is 16.8 Å². The predicted molar refractivity (Wildman–Crippen MR) is 86.0 cm³/mol. The normalized spacial score (nSPS) is 24.9. The first-order chi connectivity index (χ1) is 9.44. The number of likely N-dealkylation sites (tertiary alicyclic amines) is 1. The minimum absolute atomic E-state index is 0.488. The predicted octanol–water partition coefficient (Wildman–Crippen LogP) is 2.48. The van der Waals surface area contributed by atoms with Crippen LogP contribution >= 0.6 is 0 Å². The van der Waals surface area contributed by atoms with Crippen LogP contribution < -0.4 is 5.32 Å². The summed E-state index contributed by atoms with van der Waals surface area (Å²) in [5.41, 5.74) is -0.659. The molecular formula is C16H33N3O. The molecule has 1 saturated heterocycles. The number of nitrogens with zero attached hydrogens (tertiary/aromatic N) is 2. The summed E-state index contributed by atoms with van der Waals surface area (Å²) in [7, 11) is 0. The second-order valence-electron chi connectivity index (χ2n) is 6.45. The second kappa shape index (κ2) is 7.87. The summed E-state index contributed by atoms with van der Waals surface area (Å²) in [6.45, 7) is 14.2. The van der Waals surface area contributed by atoms with Gasteiger partial charge in [-0.05, 0) is 38.0 Å². The second-order valence-corrected chi connectivity index (χ2v) is 6.45. The Balaban J connectivity index is 2.76. The van der Waals surface area contributed by atoms with Crippen molar-refractivity contribution in [1.29, 1.82) is 0 Å². The van der Waals surface area contributed by atoms with Gasteiger partial charge in [0.25, 0.3) is 0 Å². The molecule has 4 nitrogen and oxygen atoms in total. The van der Waals surface area contributed by atoms with Crippen molar-refractivity contribution in [3.63, 3.8) is 0 Å². The number of aliphatic imine (C=N–C) groups is 1. The van der Waals surface area contributed by atoms with E-state index in [2.05, 4.69) is 31.0 Å². The summed E-state index contributed by atoms with van der Waals surface area (Å²) in [4.78, 5) is 7.06. The van der Waals surface area contributed by atoms with Crippen molar-refractivity contribution in [2.45, 2.75) is 59.5 Å². The molecular weight excluding hydrogens is 250 g/mol. The molecule has 4 heteroatoms. The Hall–Kier alpha value is -0.770. The van der Waals surface area contributed by atoms with Gasteiger partial charge in [-0.15, -0.1) is 0 Å². The van der Waals surface area contributed by atoms with E-state index in [9.17, 15) is 5.11 Å². The van der Waals surface area contributed by atoms with E-state index in [0.29, 0.717) is 18.4 Å². The number of aliphatic hydroxyl groups is 1. The summed E-state index contributed by atoms with van der Waals surface area (Å²) in [6.07, 6.45) is 2.79. The molecule has 0 amide bonds. The Morgan fingerprint density at radius 3 is 2.20 bits per heavy atom. The molecule has 1 aliphatic heterocycles. The summed E-state index contributed by atoms with van der Waals surface area (Å²) in [5, 5.41) is 13.8. The summed E-state index contributed by atoms with van der Waals surface area (Å²) < 4.78 is 0. The molecule has 0 aromatic rings. The third-order valence-electron chi connectivity index (χ3n) is 4.34. The molecule has 0 bridgehead atoms. The zero-order valence-electron chi connectivity index (χ0n) is 13.9. The molecule has 0 aromatic carbocycles. The van der Waals surface area contributed by atoms with Gasteiger partial charge in [0.1, 0.15) is 0 Å². The van der Waals surface area contributed by atoms with Gasteiger partial charge in [0.2, 0.25) is 0 Å². The molecule has 1 heterocycles. The molecule has 2 N–H and O–H groups in total. The fourth-order valence-corrected chi connectivity index (χ4v) is 2.96. The van der Waals surface area contributed by atoms with Crippen molar-refractivity contribution in [3.05, 3.63) is 0 Å². The molecule has 2 unspecified atom stereocenters. The largest absolute Gasteiger partial charge is 0.388 e. The molecule has 0 aromatic heterocycles.